The number of aryl methyl sites for hydroxylation is 1. The standard InChI is InChI=1S/C22H33NO8S/c1-15-8-10-16(11-9-15)32(26,27)31-17-14-28-13-12-22(17,18(24)29-20(2,3)4)23-19(25)30-21(5,6)7/h8-11,17H,12-14H2,1-7H3,(H,23,25). The average molecular weight is 472 g/mol. The number of esters is 1. The predicted octanol–water partition coefficient (Wildman–Crippen LogP) is 3.09. The van der Waals surface area contributed by atoms with E-state index in [9.17, 15) is 18.0 Å². The molecule has 0 saturated carbocycles. The minimum Gasteiger partial charge on any atom is -0.458 e. The molecule has 2 rings (SSSR count). The number of benzene rings is 1. The average Bonchev–Trinajstić information content (AvgIpc) is 2.60. The Hall–Kier alpha value is -2.17. The lowest BCUT2D eigenvalue weighted by atomic mass is 9.87. The fourth-order valence-corrected chi connectivity index (χ4v) is 4.14. The molecule has 0 spiro atoms. The van der Waals surface area contributed by atoms with Crippen molar-refractivity contribution >= 4 is 22.2 Å². The van der Waals surface area contributed by atoms with E-state index in [0.29, 0.717) is 0 Å². The maximum atomic E-state index is 13.3. The van der Waals surface area contributed by atoms with Gasteiger partial charge in [-0.05, 0) is 60.6 Å². The Morgan fingerprint density at radius 2 is 1.59 bits per heavy atom. The lowest BCUT2D eigenvalue weighted by Crippen LogP contribution is -2.68. The van der Waals surface area contributed by atoms with Gasteiger partial charge in [0.1, 0.15) is 17.3 Å². The maximum absolute atomic E-state index is 13.3. The van der Waals surface area contributed by atoms with Crippen LogP contribution in [0.1, 0.15) is 53.5 Å². The second kappa shape index (κ2) is 9.36. The summed E-state index contributed by atoms with van der Waals surface area (Å²) in [6, 6.07) is 6.08. The molecule has 0 aliphatic carbocycles. The number of carbonyl (C=O) groups is 2. The summed E-state index contributed by atoms with van der Waals surface area (Å²) in [6.45, 7) is 11.7. The first-order valence-corrected chi connectivity index (χ1v) is 11.8. The molecular weight excluding hydrogens is 438 g/mol. The first-order chi connectivity index (χ1) is 14.5. The molecule has 32 heavy (non-hydrogen) atoms. The van der Waals surface area contributed by atoms with Crippen molar-refractivity contribution in [1.29, 1.82) is 0 Å². The molecule has 1 aliphatic heterocycles. The van der Waals surface area contributed by atoms with E-state index in [0.717, 1.165) is 5.56 Å². The van der Waals surface area contributed by atoms with Crippen LogP contribution in [-0.2, 0) is 33.3 Å². The lowest BCUT2D eigenvalue weighted by Gasteiger charge is -2.42. The number of ether oxygens (including phenoxy) is 3. The normalized spacial score (nSPS) is 22.2. The van der Waals surface area contributed by atoms with E-state index < -0.39 is 45.0 Å². The van der Waals surface area contributed by atoms with Crippen LogP contribution in [0.5, 0.6) is 0 Å². The molecular formula is C22H33NO8S. The summed E-state index contributed by atoms with van der Waals surface area (Å²) in [5, 5.41) is 2.54. The molecule has 180 valence electrons. The van der Waals surface area contributed by atoms with Crippen LogP contribution in [0.15, 0.2) is 29.2 Å². The van der Waals surface area contributed by atoms with E-state index in [1.165, 1.54) is 12.1 Å². The molecule has 1 N–H and O–H groups in total. The molecule has 0 bridgehead atoms. The molecule has 0 aromatic heterocycles. The number of nitrogens with one attached hydrogen (secondary N) is 1. The predicted molar refractivity (Wildman–Crippen MR) is 117 cm³/mol. The van der Waals surface area contributed by atoms with E-state index in [4.69, 9.17) is 18.4 Å². The molecule has 2 unspecified atom stereocenters. The first kappa shape index (κ1) is 26.1. The van der Waals surface area contributed by atoms with E-state index in [-0.39, 0.29) is 24.5 Å². The Labute approximate surface area is 189 Å². The first-order valence-electron chi connectivity index (χ1n) is 10.4. The van der Waals surface area contributed by atoms with Crippen LogP contribution >= 0.6 is 0 Å². The Bertz CT molecular complexity index is 928. The molecule has 1 aromatic rings. The van der Waals surface area contributed by atoms with Crippen molar-refractivity contribution in [3.05, 3.63) is 29.8 Å². The second-order valence-electron chi connectivity index (χ2n) is 9.78. The van der Waals surface area contributed by atoms with Crippen molar-refractivity contribution in [3.8, 4) is 0 Å². The molecule has 0 radical (unpaired) electrons. The fourth-order valence-electron chi connectivity index (χ4n) is 3.03. The number of alkyl carbamates (subject to hydrolysis) is 1. The van der Waals surface area contributed by atoms with E-state index in [1.807, 2.05) is 6.92 Å². The van der Waals surface area contributed by atoms with Crippen LogP contribution in [-0.4, -0.2) is 56.5 Å². The molecule has 1 fully saturated rings. The molecule has 2 atom stereocenters. The Morgan fingerprint density at radius 3 is 2.12 bits per heavy atom. The third kappa shape index (κ3) is 6.91. The zero-order valence-corrected chi connectivity index (χ0v) is 20.5. The quantitative estimate of drug-likeness (QED) is 0.514. The van der Waals surface area contributed by atoms with Gasteiger partial charge in [-0.15, -0.1) is 0 Å². The molecule has 1 heterocycles. The molecule has 9 nitrogen and oxygen atoms in total. The smallest absolute Gasteiger partial charge is 0.408 e. The molecule has 1 aliphatic rings. The largest absolute Gasteiger partial charge is 0.458 e. The Morgan fingerprint density at radius 1 is 1.03 bits per heavy atom. The Kier molecular flexibility index (Phi) is 7.63. The van der Waals surface area contributed by atoms with Crippen LogP contribution < -0.4 is 5.32 Å². The monoisotopic (exact) mass is 471 g/mol. The minimum atomic E-state index is -4.28. The van der Waals surface area contributed by atoms with E-state index in [1.54, 1.807) is 53.7 Å². The summed E-state index contributed by atoms with van der Waals surface area (Å²) in [5.74, 6) is -0.830. The summed E-state index contributed by atoms with van der Waals surface area (Å²) in [5.41, 5.74) is -2.68. The number of amides is 1. The zero-order valence-electron chi connectivity index (χ0n) is 19.7. The SMILES string of the molecule is Cc1ccc(S(=O)(=O)OC2COCCC2(NC(=O)OC(C)(C)C)C(=O)OC(C)(C)C)cc1. The summed E-state index contributed by atoms with van der Waals surface area (Å²) >= 11 is 0. The zero-order chi connectivity index (χ0) is 24.4. The lowest BCUT2D eigenvalue weighted by molar-refractivity contribution is -0.175. The molecule has 10 heteroatoms. The number of hydrogen-bond donors (Lipinski definition) is 1. The van der Waals surface area contributed by atoms with Crippen LogP contribution in [0.4, 0.5) is 4.79 Å². The summed E-state index contributed by atoms with van der Waals surface area (Å²) in [6.07, 6.45) is -2.33. The van der Waals surface area contributed by atoms with Gasteiger partial charge in [0.2, 0.25) is 0 Å². The van der Waals surface area contributed by atoms with Gasteiger partial charge >= 0.3 is 12.1 Å². The highest BCUT2D eigenvalue weighted by molar-refractivity contribution is 7.86. The van der Waals surface area contributed by atoms with Gasteiger partial charge in [0.05, 0.1) is 11.5 Å². The van der Waals surface area contributed by atoms with Crippen LogP contribution in [0.3, 0.4) is 0 Å². The summed E-state index contributed by atoms with van der Waals surface area (Å²) in [7, 11) is -4.28. The van der Waals surface area contributed by atoms with Gasteiger partial charge in [-0.2, -0.15) is 8.42 Å². The Balaban J connectivity index is 2.44. The van der Waals surface area contributed by atoms with Gasteiger partial charge in [0.15, 0.2) is 5.54 Å². The van der Waals surface area contributed by atoms with Gasteiger partial charge in [-0.3, -0.25) is 4.18 Å². The maximum Gasteiger partial charge on any atom is 0.408 e. The van der Waals surface area contributed by atoms with Crippen molar-refractivity contribution in [1.82, 2.24) is 5.32 Å². The highest BCUT2D eigenvalue weighted by atomic mass is 32.2. The van der Waals surface area contributed by atoms with Gasteiger partial charge < -0.3 is 19.5 Å². The highest BCUT2D eigenvalue weighted by Crippen LogP contribution is 2.31. The van der Waals surface area contributed by atoms with Gasteiger partial charge in [-0.1, -0.05) is 17.7 Å². The van der Waals surface area contributed by atoms with Crippen LogP contribution in [0, 0.1) is 6.92 Å². The highest BCUT2D eigenvalue weighted by Gasteiger charge is 2.54. The molecule has 1 saturated heterocycles. The summed E-state index contributed by atoms with van der Waals surface area (Å²) < 4.78 is 47.6. The third-order valence-electron chi connectivity index (χ3n) is 4.50. The van der Waals surface area contributed by atoms with Gasteiger partial charge in [0, 0.05) is 13.0 Å². The third-order valence-corrected chi connectivity index (χ3v) is 5.83. The van der Waals surface area contributed by atoms with Crippen molar-refractivity contribution in [3.63, 3.8) is 0 Å². The van der Waals surface area contributed by atoms with Gasteiger partial charge in [0.25, 0.3) is 10.1 Å². The van der Waals surface area contributed by atoms with Crippen LogP contribution in [0.25, 0.3) is 0 Å². The molecule has 1 amide bonds. The summed E-state index contributed by atoms with van der Waals surface area (Å²) in [4.78, 5) is 25.8. The topological polar surface area (TPSA) is 117 Å². The van der Waals surface area contributed by atoms with Crippen molar-refractivity contribution in [2.24, 2.45) is 0 Å². The minimum absolute atomic E-state index is 0.0603. The fraction of sp³-hybridized carbons (Fsp3) is 0.636. The van der Waals surface area contributed by atoms with E-state index in [2.05, 4.69) is 5.32 Å². The van der Waals surface area contributed by atoms with Crippen LogP contribution in [0.2, 0.25) is 0 Å². The number of hydrogen-bond acceptors (Lipinski definition) is 8. The van der Waals surface area contributed by atoms with Gasteiger partial charge in [-0.25, -0.2) is 9.59 Å². The molecule has 1 aromatic carbocycles. The second-order valence-corrected chi connectivity index (χ2v) is 11.3. The van der Waals surface area contributed by atoms with Crippen molar-refractivity contribution in [2.75, 3.05) is 13.2 Å². The number of rotatable bonds is 5. The van der Waals surface area contributed by atoms with Crippen molar-refractivity contribution in [2.45, 2.75) is 82.6 Å². The van der Waals surface area contributed by atoms with Crippen molar-refractivity contribution < 1.29 is 36.4 Å². The number of carbonyl (C=O) groups excluding carboxylic acids is 2. The van der Waals surface area contributed by atoms with E-state index >= 15 is 0 Å².